The number of carbonyl (C=O) groups is 4. The second-order valence-corrected chi connectivity index (χ2v) is 7.16. The zero-order valence-electron chi connectivity index (χ0n) is 17.4. The van der Waals surface area contributed by atoms with Crippen LogP contribution in [0.25, 0.3) is 0 Å². The van der Waals surface area contributed by atoms with E-state index in [4.69, 9.17) is 10.8 Å². The molecule has 12 nitrogen and oxygen atoms in total. The van der Waals surface area contributed by atoms with Crippen LogP contribution in [0.15, 0.2) is 36.8 Å². The lowest BCUT2D eigenvalue weighted by Crippen LogP contribution is -2.56. The molecule has 0 saturated heterocycles. The zero-order valence-corrected chi connectivity index (χ0v) is 17.4. The number of hydrogen-bond donors (Lipinski definition) is 7. The maximum absolute atomic E-state index is 12.8. The summed E-state index contributed by atoms with van der Waals surface area (Å²) in [7, 11) is 0. The number of aromatic amines is 1. The van der Waals surface area contributed by atoms with Gasteiger partial charge in [0.05, 0.1) is 12.4 Å². The van der Waals surface area contributed by atoms with Crippen LogP contribution in [0.4, 0.5) is 0 Å². The average molecular weight is 446 g/mol. The summed E-state index contributed by atoms with van der Waals surface area (Å²) in [6.07, 6.45) is 3.15. The number of phenols is 1. The highest BCUT2D eigenvalue weighted by Crippen LogP contribution is 2.11. The third-order valence-corrected chi connectivity index (χ3v) is 4.51. The molecule has 32 heavy (non-hydrogen) atoms. The number of carbonyl (C=O) groups excluding carboxylic acids is 3. The van der Waals surface area contributed by atoms with E-state index in [-0.39, 0.29) is 18.6 Å². The highest BCUT2D eigenvalue weighted by molar-refractivity contribution is 5.93. The fraction of sp³-hybridized carbons (Fsp3) is 0.350. The molecule has 8 N–H and O–H groups in total. The zero-order chi connectivity index (χ0) is 23.7. The fourth-order valence-electron chi connectivity index (χ4n) is 2.78. The van der Waals surface area contributed by atoms with Crippen LogP contribution >= 0.6 is 0 Å². The third kappa shape index (κ3) is 7.72. The minimum absolute atomic E-state index is 0.0625. The van der Waals surface area contributed by atoms with Crippen molar-refractivity contribution in [2.75, 3.05) is 6.54 Å². The summed E-state index contributed by atoms with van der Waals surface area (Å²) in [5.74, 6) is -3.05. The second-order valence-electron chi connectivity index (χ2n) is 7.16. The minimum Gasteiger partial charge on any atom is -0.508 e. The Bertz CT molecular complexity index is 931. The lowest BCUT2D eigenvalue weighted by Gasteiger charge is -2.22. The van der Waals surface area contributed by atoms with Crippen LogP contribution in [-0.4, -0.2) is 68.5 Å². The molecule has 2 aromatic rings. The van der Waals surface area contributed by atoms with Gasteiger partial charge in [0.1, 0.15) is 24.4 Å². The second kappa shape index (κ2) is 11.5. The number of rotatable bonds is 11. The van der Waals surface area contributed by atoms with Gasteiger partial charge in [0.15, 0.2) is 0 Å². The first-order chi connectivity index (χ1) is 15.2. The summed E-state index contributed by atoms with van der Waals surface area (Å²) in [6.45, 7) is 0.806. The molecular weight excluding hydrogens is 420 g/mol. The summed E-state index contributed by atoms with van der Waals surface area (Å²) < 4.78 is 0. The van der Waals surface area contributed by atoms with Gasteiger partial charge in [-0.25, -0.2) is 4.98 Å². The molecule has 0 saturated carbocycles. The van der Waals surface area contributed by atoms with Crippen LogP contribution in [0, 0.1) is 0 Å². The number of carboxylic acid groups (broad SMARTS) is 1. The first-order valence-electron chi connectivity index (χ1n) is 9.76. The van der Waals surface area contributed by atoms with Crippen molar-refractivity contribution in [2.24, 2.45) is 5.73 Å². The smallest absolute Gasteiger partial charge is 0.322 e. The van der Waals surface area contributed by atoms with Crippen molar-refractivity contribution >= 4 is 23.7 Å². The highest BCUT2D eigenvalue weighted by Gasteiger charge is 2.27. The van der Waals surface area contributed by atoms with Gasteiger partial charge in [0, 0.05) is 18.3 Å². The van der Waals surface area contributed by atoms with Crippen LogP contribution in [0.5, 0.6) is 5.75 Å². The molecule has 3 atom stereocenters. The summed E-state index contributed by atoms with van der Waals surface area (Å²) in [5.41, 5.74) is 7.28. The van der Waals surface area contributed by atoms with Gasteiger partial charge in [0.2, 0.25) is 17.7 Å². The minimum atomic E-state index is -1.22. The van der Waals surface area contributed by atoms with Crippen molar-refractivity contribution < 1.29 is 29.4 Å². The number of imidazole rings is 1. The first kappa shape index (κ1) is 24.3. The van der Waals surface area contributed by atoms with E-state index in [0.29, 0.717) is 5.69 Å². The molecule has 0 bridgehead atoms. The van der Waals surface area contributed by atoms with Crippen molar-refractivity contribution in [3.8, 4) is 5.75 Å². The molecular formula is C20H26N6O6. The Kier molecular flexibility index (Phi) is 8.72. The molecule has 2 rings (SSSR count). The number of benzene rings is 1. The summed E-state index contributed by atoms with van der Waals surface area (Å²) in [5, 5.41) is 25.2. The van der Waals surface area contributed by atoms with Crippen molar-refractivity contribution in [1.82, 2.24) is 25.9 Å². The van der Waals surface area contributed by atoms with E-state index in [0.717, 1.165) is 5.56 Å². The van der Waals surface area contributed by atoms with Gasteiger partial charge < -0.3 is 36.9 Å². The molecule has 0 aliphatic rings. The standard InChI is InChI=1S/C20H26N6O6/c1-11(18(30)23-9-17(28)29)25-20(32)16(7-13-8-22-10-24-13)26-19(31)15(21)6-12-2-4-14(27)5-3-12/h2-5,8,10-11,15-16,27H,6-7,9,21H2,1H3,(H,22,24)(H,23,30)(H,25,32)(H,26,31)(H,28,29). The predicted molar refractivity (Wildman–Crippen MR) is 112 cm³/mol. The van der Waals surface area contributed by atoms with E-state index in [2.05, 4.69) is 25.9 Å². The summed E-state index contributed by atoms with van der Waals surface area (Å²) >= 11 is 0. The number of carboxylic acids is 1. The normalized spacial score (nSPS) is 13.4. The first-order valence-corrected chi connectivity index (χ1v) is 9.76. The summed E-state index contributed by atoms with van der Waals surface area (Å²) in [6, 6.07) is 3.16. The number of aliphatic carboxylic acids is 1. The number of nitrogens with one attached hydrogen (secondary N) is 4. The molecule has 1 aromatic heterocycles. The molecule has 0 aliphatic carbocycles. The molecule has 3 amide bonds. The largest absolute Gasteiger partial charge is 0.508 e. The van der Waals surface area contributed by atoms with E-state index < -0.39 is 48.4 Å². The lowest BCUT2D eigenvalue weighted by atomic mass is 10.0. The molecule has 1 aromatic carbocycles. The van der Waals surface area contributed by atoms with Crippen LogP contribution in [0.3, 0.4) is 0 Å². The molecule has 0 fully saturated rings. The topological polar surface area (TPSA) is 200 Å². The summed E-state index contributed by atoms with van der Waals surface area (Å²) in [4.78, 5) is 54.6. The maximum atomic E-state index is 12.8. The van der Waals surface area contributed by atoms with E-state index in [1.54, 1.807) is 12.1 Å². The maximum Gasteiger partial charge on any atom is 0.322 e. The molecule has 0 spiro atoms. The molecule has 0 aliphatic heterocycles. The average Bonchev–Trinajstić information content (AvgIpc) is 3.26. The Hall–Kier alpha value is -3.93. The van der Waals surface area contributed by atoms with E-state index >= 15 is 0 Å². The number of nitrogens with zero attached hydrogens (tertiary/aromatic N) is 1. The van der Waals surface area contributed by atoms with Crippen molar-refractivity contribution in [1.29, 1.82) is 0 Å². The van der Waals surface area contributed by atoms with E-state index in [9.17, 15) is 24.3 Å². The highest BCUT2D eigenvalue weighted by atomic mass is 16.4. The number of H-pyrrole nitrogens is 1. The number of nitrogens with two attached hydrogens (primary N) is 1. The monoisotopic (exact) mass is 446 g/mol. The van der Waals surface area contributed by atoms with Gasteiger partial charge in [-0.1, -0.05) is 12.1 Å². The third-order valence-electron chi connectivity index (χ3n) is 4.51. The van der Waals surface area contributed by atoms with E-state index in [1.807, 2.05) is 0 Å². The Morgan fingerprint density at radius 2 is 1.75 bits per heavy atom. The van der Waals surface area contributed by atoms with Gasteiger partial charge in [0.25, 0.3) is 0 Å². The number of phenolic OH excluding ortho intramolecular Hbond substituents is 1. The Balaban J connectivity index is 2.02. The number of aromatic hydroxyl groups is 1. The Labute approximate surface area is 183 Å². The van der Waals surface area contributed by atoms with Crippen molar-refractivity contribution in [2.45, 2.75) is 37.9 Å². The molecule has 172 valence electrons. The SMILES string of the molecule is CC(NC(=O)C(Cc1cnc[nH]1)NC(=O)C(N)Cc1ccc(O)cc1)C(=O)NCC(=O)O. The van der Waals surface area contributed by atoms with Crippen LogP contribution in [0.2, 0.25) is 0 Å². The van der Waals surface area contributed by atoms with Gasteiger partial charge >= 0.3 is 5.97 Å². The van der Waals surface area contributed by atoms with Gasteiger partial charge in [-0.05, 0) is 31.0 Å². The molecule has 0 radical (unpaired) electrons. The van der Waals surface area contributed by atoms with Gasteiger partial charge in [-0.3, -0.25) is 19.2 Å². The Morgan fingerprint density at radius 1 is 1.06 bits per heavy atom. The molecule has 12 heteroatoms. The number of aromatic nitrogens is 2. The number of hydrogen-bond acceptors (Lipinski definition) is 7. The van der Waals surface area contributed by atoms with E-state index in [1.165, 1.54) is 31.6 Å². The molecule has 1 heterocycles. The fourth-order valence-corrected chi connectivity index (χ4v) is 2.78. The lowest BCUT2D eigenvalue weighted by molar-refractivity contribution is -0.138. The molecule has 3 unspecified atom stereocenters. The Morgan fingerprint density at radius 3 is 2.34 bits per heavy atom. The van der Waals surface area contributed by atoms with Crippen molar-refractivity contribution in [3.63, 3.8) is 0 Å². The van der Waals surface area contributed by atoms with Crippen molar-refractivity contribution in [3.05, 3.63) is 48.0 Å². The van der Waals surface area contributed by atoms with Crippen LogP contribution < -0.4 is 21.7 Å². The number of amides is 3. The quantitative estimate of drug-likeness (QED) is 0.214. The predicted octanol–water partition coefficient (Wildman–Crippen LogP) is -1.58. The van der Waals surface area contributed by atoms with Crippen LogP contribution in [-0.2, 0) is 32.0 Å². The van der Waals surface area contributed by atoms with Gasteiger partial charge in [-0.2, -0.15) is 0 Å². The van der Waals surface area contributed by atoms with Gasteiger partial charge in [-0.15, -0.1) is 0 Å². The van der Waals surface area contributed by atoms with Crippen LogP contribution in [0.1, 0.15) is 18.2 Å².